The molecule has 0 aromatic heterocycles. The third kappa shape index (κ3) is 3.87. The summed E-state index contributed by atoms with van der Waals surface area (Å²) in [6.45, 7) is 7.31. The molecule has 19 heavy (non-hydrogen) atoms. The standard InChI is InChI=1S/C16H24ClNO/c1-3-5-12(11-18-4-2)8-14-10-15(17)9-13-6-7-19-16(13)14/h9-10,12,18H,3-8,11H2,1-2H3. The van der Waals surface area contributed by atoms with Gasteiger partial charge in [-0.15, -0.1) is 0 Å². The number of nitrogens with one attached hydrogen (secondary N) is 1. The van der Waals surface area contributed by atoms with Crippen LogP contribution in [0.25, 0.3) is 0 Å². The molecule has 0 fully saturated rings. The van der Waals surface area contributed by atoms with Crippen LogP contribution in [0.3, 0.4) is 0 Å². The minimum atomic E-state index is 0.664. The molecule has 1 aromatic rings. The highest BCUT2D eigenvalue weighted by Gasteiger charge is 2.19. The van der Waals surface area contributed by atoms with Crippen LogP contribution < -0.4 is 10.1 Å². The van der Waals surface area contributed by atoms with Gasteiger partial charge in [-0.1, -0.05) is 31.9 Å². The van der Waals surface area contributed by atoms with Crippen molar-refractivity contribution >= 4 is 11.6 Å². The number of ether oxygens (including phenoxy) is 1. The second-order valence-electron chi connectivity index (χ2n) is 5.32. The molecule has 0 aliphatic carbocycles. The van der Waals surface area contributed by atoms with Crippen molar-refractivity contribution in [3.63, 3.8) is 0 Å². The molecule has 0 radical (unpaired) electrons. The molecule has 1 atom stereocenters. The van der Waals surface area contributed by atoms with Crippen molar-refractivity contribution in [3.05, 3.63) is 28.3 Å². The van der Waals surface area contributed by atoms with Crippen molar-refractivity contribution < 1.29 is 4.74 Å². The fourth-order valence-corrected chi connectivity index (χ4v) is 3.11. The van der Waals surface area contributed by atoms with Gasteiger partial charge >= 0.3 is 0 Å². The number of halogens is 1. The summed E-state index contributed by atoms with van der Waals surface area (Å²) in [7, 11) is 0. The van der Waals surface area contributed by atoms with E-state index in [9.17, 15) is 0 Å². The first-order valence-electron chi connectivity index (χ1n) is 7.39. The predicted molar refractivity (Wildman–Crippen MR) is 81.3 cm³/mol. The predicted octanol–water partition coefficient (Wildman–Crippen LogP) is 3.84. The second kappa shape index (κ2) is 7.16. The number of hydrogen-bond acceptors (Lipinski definition) is 2. The van der Waals surface area contributed by atoms with Crippen LogP contribution in [-0.2, 0) is 12.8 Å². The summed E-state index contributed by atoms with van der Waals surface area (Å²) in [6.07, 6.45) is 4.52. The number of rotatable bonds is 7. The molecule has 1 aliphatic heterocycles. The van der Waals surface area contributed by atoms with Gasteiger partial charge in [-0.05, 0) is 55.1 Å². The Bertz CT molecular complexity index is 419. The van der Waals surface area contributed by atoms with Gasteiger partial charge in [0, 0.05) is 11.4 Å². The Morgan fingerprint density at radius 3 is 2.95 bits per heavy atom. The average Bonchev–Trinajstić information content (AvgIpc) is 2.84. The largest absolute Gasteiger partial charge is 0.493 e. The highest BCUT2D eigenvalue weighted by molar-refractivity contribution is 6.30. The first-order valence-corrected chi connectivity index (χ1v) is 7.77. The summed E-state index contributed by atoms with van der Waals surface area (Å²) in [5, 5.41) is 4.31. The van der Waals surface area contributed by atoms with Crippen LogP contribution in [0.15, 0.2) is 12.1 Å². The van der Waals surface area contributed by atoms with Gasteiger partial charge in [0.25, 0.3) is 0 Å². The highest BCUT2D eigenvalue weighted by atomic mass is 35.5. The highest BCUT2D eigenvalue weighted by Crippen LogP contribution is 2.34. The smallest absolute Gasteiger partial charge is 0.125 e. The fourth-order valence-electron chi connectivity index (χ4n) is 2.84. The van der Waals surface area contributed by atoms with E-state index in [1.165, 1.54) is 24.0 Å². The molecule has 1 N–H and O–H groups in total. The minimum Gasteiger partial charge on any atom is -0.493 e. The average molecular weight is 282 g/mol. The molecule has 106 valence electrons. The summed E-state index contributed by atoms with van der Waals surface area (Å²) in [5.74, 6) is 1.76. The van der Waals surface area contributed by atoms with Gasteiger partial charge in [-0.2, -0.15) is 0 Å². The number of fused-ring (bicyclic) bond motifs is 1. The van der Waals surface area contributed by atoms with Gasteiger partial charge in [0.15, 0.2) is 0 Å². The van der Waals surface area contributed by atoms with Crippen LogP contribution in [0.1, 0.15) is 37.8 Å². The van der Waals surface area contributed by atoms with Crippen LogP contribution in [0.2, 0.25) is 5.02 Å². The quantitative estimate of drug-likeness (QED) is 0.820. The van der Waals surface area contributed by atoms with Crippen LogP contribution in [-0.4, -0.2) is 19.7 Å². The number of hydrogen-bond donors (Lipinski definition) is 1. The van der Waals surface area contributed by atoms with Gasteiger partial charge in [0.1, 0.15) is 5.75 Å². The maximum Gasteiger partial charge on any atom is 0.125 e. The van der Waals surface area contributed by atoms with E-state index in [0.29, 0.717) is 5.92 Å². The summed E-state index contributed by atoms with van der Waals surface area (Å²) in [5.41, 5.74) is 2.57. The van der Waals surface area contributed by atoms with Crippen molar-refractivity contribution in [2.24, 2.45) is 5.92 Å². The maximum atomic E-state index is 6.22. The van der Waals surface area contributed by atoms with Crippen molar-refractivity contribution in [3.8, 4) is 5.75 Å². The lowest BCUT2D eigenvalue weighted by molar-refractivity contribution is 0.349. The molecule has 0 bridgehead atoms. The van der Waals surface area contributed by atoms with Crippen LogP contribution in [0.5, 0.6) is 5.75 Å². The molecule has 0 saturated heterocycles. The van der Waals surface area contributed by atoms with E-state index >= 15 is 0 Å². The third-order valence-electron chi connectivity index (χ3n) is 3.71. The molecule has 0 saturated carbocycles. The third-order valence-corrected chi connectivity index (χ3v) is 3.93. The molecule has 1 aliphatic rings. The SMILES string of the molecule is CCCC(CNCC)Cc1cc(Cl)cc2c1OCC2. The lowest BCUT2D eigenvalue weighted by atomic mass is 9.93. The van der Waals surface area contributed by atoms with Crippen LogP contribution in [0.4, 0.5) is 0 Å². The fraction of sp³-hybridized carbons (Fsp3) is 0.625. The van der Waals surface area contributed by atoms with E-state index in [2.05, 4.69) is 25.2 Å². The second-order valence-corrected chi connectivity index (χ2v) is 5.75. The Balaban J connectivity index is 2.12. The zero-order chi connectivity index (χ0) is 13.7. The van der Waals surface area contributed by atoms with E-state index in [1.54, 1.807) is 0 Å². The zero-order valence-electron chi connectivity index (χ0n) is 12.0. The molecule has 0 amide bonds. The topological polar surface area (TPSA) is 21.3 Å². The molecular formula is C16H24ClNO. The molecular weight excluding hydrogens is 258 g/mol. The lowest BCUT2D eigenvalue weighted by Gasteiger charge is -2.18. The molecule has 2 rings (SSSR count). The zero-order valence-corrected chi connectivity index (χ0v) is 12.7. The molecule has 0 spiro atoms. The Morgan fingerprint density at radius 2 is 2.21 bits per heavy atom. The monoisotopic (exact) mass is 281 g/mol. The molecule has 1 heterocycles. The summed E-state index contributed by atoms with van der Waals surface area (Å²) < 4.78 is 5.79. The first kappa shape index (κ1) is 14.7. The Morgan fingerprint density at radius 1 is 1.37 bits per heavy atom. The summed E-state index contributed by atoms with van der Waals surface area (Å²) in [4.78, 5) is 0. The van der Waals surface area contributed by atoms with Crippen molar-refractivity contribution in [2.75, 3.05) is 19.7 Å². The van der Waals surface area contributed by atoms with Crippen molar-refractivity contribution in [2.45, 2.75) is 39.5 Å². The van der Waals surface area contributed by atoms with Crippen molar-refractivity contribution in [1.82, 2.24) is 5.32 Å². The molecule has 1 unspecified atom stereocenters. The van der Waals surface area contributed by atoms with Gasteiger partial charge in [-0.25, -0.2) is 0 Å². The Kier molecular flexibility index (Phi) is 5.53. The normalized spacial score (nSPS) is 15.1. The van der Waals surface area contributed by atoms with Gasteiger partial charge < -0.3 is 10.1 Å². The van der Waals surface area contributed by atoms with E-state index in [-0.39, 0.29) is 0 Å². The Labute approximate surface area is 121 Å². The first-order chi connectivity index (χ1) is 9.24. The van der Waals surface area contributed by atoms with Crippen molar-refractivity contribution in [1.29, 1.82) is 0 Å². The van der Waals surface area contributed by atoms with E-state index in [1.807, 2.05) is 6.07 Å². The Hall–Kier alpha value is -0.730. The lowest BCUT2D eigenvalue weighted by Crippen LogP contribution is -2.24. The molecule has 3 heteroatoms. The molecule has 2 nitrogen and oxygen atoms in total. The van der Waals surface area contributed by atoms with E-state index in [4.69, 9.17) is 16.3 Å². The van der Waals surface area contributed by atoms with Gasteiger partial charge in [0.2, 0.25) is 0 Å². The van der Waals surface area contributed by atoms with E-state index < -0.39 is 0 Å². The van der Waals surface area contributed by atoms with Crippen LogP contribution in [0, 0.1) is 5.92 Å². The van der Waals surface area contributed by atoms with Gasteiger partial charge in [-0.3, -0.25) is 0 Å². The van der Waals surface area contributed by atoms with Crippen LogP contribution >= 0.6 is 11.6 Å². The summed E-state index contributed by atoms with van der Waals surface area (Å²) >= 11 is 6.22. The summed E-state index contributed by atoms with van der Waals surface area (Å²) in [6, 6.07) is 4.13. The van der Waals surface area contributed by atoms with E-state index in [0.717, 1.165) is 43.3 Å². The number of benzene rings is 1. The minimum absolute atomic E-state index is 0.664. The molecule has 1 aromatic carbocycles. The van der Waals surface area contributed by atoms with Gasteiger partial charge in [0.05, 0.1) is 6.61 Å². The maximum absolute atomic E-state index is 6.22.